The number of aromatic nitrogens is 6. The molecule has 0 unspecified atom stereocenters. The van der Waals surface area contributed by atoms with Gasteiger partial charge in [-0.25, -0.2) is 0 Å². The quantitative estimate of drug-likeness (QED) is 0.473. The van der Waals surface area contributed by atoms with Crippen molar-refractivity contribution >= 4 is 16.7 Å². The molecule has 0 radical (unpaired) electrons. The van der Waals surface area contributed by atoms with Crippen LogP contribution in [0.4, 0.5) is 5.69 Å². The molecule has 2 aromatic heterocycles. The molecule has 0 atom stereocenters. The second-order valence-corrected chi connectivity index (χ2v) is 6.25. The summed E-state index contributed by atoms with van der Waals surface area (Å²) in [5, 5.41) is 16.8. The van der Waals surface area contributed by atoms with E-state index in [4.69, 9.17) is 5.84 Å². The Bertz CT molecular complexity index is 1240. The molecule has 8 heteroatoms. The molecular weight excluding hydrogens is 352 g/mol. The molecule has 5 rings (SSSR count). The number of rotatable bonds is 4. The third-order valence-electron chi connectivity index (χ3n) is 4.49. The predicted octanol–water partition coefficient (Wildman–Crippen LogP) is 2.95. The van der Waals surface area contributed by atoms with Gasteiger partial charge in [-0.05, 0) is 22.6 Å². The summed E-state index contributed by atoms with van der Waals surface area (Å²) >= 11 is 0. The van der Waals surface area contributed by atoms with Gasteiger partial charge in [0.2, 0.25) is 0 Å². The standard InChI is InChI=1S/C20H16N8/c21-27-17-13-7-12-16(19(17)23-25-27)24-28-20(15-10-5-2-6-11-15)18(22-26-28)14-8-3-1-4-9-14/h1-13,24H,21H2. The molecule has 3 N–H and O–H groups in total. The van der Waals surface area contributed by atoms with Crippen molar-refractivity contribution in [3.05, 3.63) is 78.9 Å². The van der Waals surface area contributed by atoms with Crippen LogP contribution in [0.15, 0.2) is 78.9 Å². The van der Waals surface area contributed by atoms with Crippen molar-refractivity contribution in [2.75, 3.05) is 11.3 Å². The molecule has 8 nitrogen and oxygen atoms in total. The van der Waals surface area contributed by atoms with E-state index in [1.54, 1.807) is 4.79 Å². The lowest BCUT2D eigenvalue weighted by molar-refractivity contribution is 0.751. The first-order valence-corrected chi connectivity index (χ1v) is 8.74. The Morgan fingerprint density at radius 2 is 1.43 bits per heavy atom. The maximum atomic E-state index is 5.82. The first-order valence-electron chi connectivity index (χ1n) is 8.74. The zero-order valence-corrected chi connectivity index (χ0v) is 14.8. The van der Waals surface area contributed by atoms with E-state index in [0.29, 0.717) is 5.52 Å². The summed E-state index contributed by atoms with van der Waals surface area (Å²) in [7, 11) is 0. The number of nitrogen functional groups attached to an aromatic ring is 1. The highest BCUT2D eigenvalue weighted by Gasteiger charge is 2.18. The van der Waals surface area contributed by atoms with Gasteiger partial charge in [-0.2, -0.15) is 9.58 Å². The van der Waals surface area contributed by atoms with E-state index in [1.807, 2.05) is 78.9 Å². The Hall–Kier alpha value is -4.20. The molecule has 2 heterocycles. The van der Waals surface area contributed by atoms with Crippen molar-refractivity contribution in [1.82, 2.24) is 30.2 Å². The van der Waals surface area contributed by atoms with Gasteiger partial charge in [-0.3, -0.25) is 5.43 Å². The van der Waals surface area contributed by atoms with Gasteiger partial charge in [0.25, 0.3) is 0 Å². The molecule has 28 heavy (non-hydrogen) atoms. The van der Waals surface area contributed by atoms with Crippen molar-refractivity contribution in [1.29, 1.82) is 0 Å². The molecule has 0 spiro atoms. The smallest absolute Gasteiger partial charge is 0.140 e. The number of anilines is 1. The Morgan fingerprint density at radius 1 is 0.714 bits per heavy atom. The highest BCUT2D eigenvalue weighted by molar-refractivity contribution is 5.88. The lowest BCUT2D eigenvalue weighted by Crippen LogP contribution is -2.13. The van der Waals surface area contributed by atoms with Crippen LogP contribution in [0.1, 0.15) is 0 Å². The lowest BCUT2D eigenvalue weighted by Gasteiger charge is -2.11. The fourth-order valence-electron chi connectivity index (χ4n) is 3.17. The molecular formula is C20H16N8. The Morgan fingerprint density at radius 3 is 2.18 bits per heavy atom. The van der Waals surface area contributed by atoms with Crippen LogP contribution >= 0.6 is 0 Å². The first kappa shape index (κ1) is 16.0. The summed E-state index contributed by atoms with van der Waals surface area (Å²) < 4.78 is 0. The van der Waals surface area contributed by atoms with Gasteiger partial charge in [-0.1, -0.05) is 66.7 Å². The van der Waals surface area contributed by atoms with E-state index in [1.165, 1.54) is 4.79 Å². The third kappa shape index (κ3) is 2.64. The summed E-state index contributed by atoms with van der Waals surface area (Å²) in [6, 6.07) is 25.6. The predicted molar refractivity (Wildman–Crippen MR) is 108 cm³/mol. The molecule has 136 valence electrons. The van der Waals surface area contributed by atoms with Gasteiger partial charge in [0.05, 0.1) is 5.69 Å². The molecule has 0 bridgehead atoms. The average Bonchev–Trinajstić information content (AvgIpc) is 3.34. The fraction of sp³-hybridized carbons (Fsp3) is 0. The van der Waals surface area contributed by atoms with Gasteiger partial charge < -0.3 is 5.84 Å². The van der Waals surface area contributed by atoms with Crippen LogP contribution in [0.2, 0.25) is 0 Å². The topological polar surface area (TPSA) is 99.5 Å². The lowest BCUT2D eigenvalue weighted by atomic mass is 10.1. The molecule has 0 fully saturated rings. The van der Waals surface area contributed by atoms with Crippen LogP contribution in [0, 0.1) is 0 Å². The van der Waals surface area contributed by atoms with Crippen LogP contribution in [-0.2, 0) is 0 Å². The molecule has 0 saturated carbocycles. The summed E-state index contributed by atoms with van der Waals surface area (Å²) in [5.41, 5.74) is 9.01. The molecule has 0 aliphatic rings. The van der Waals surface area contributed by atoms with Gasteiger partial charge in [0, 0.05) is 11.1 Å². The second-order valence-electron chi connectivity index (χ2n) is 6.25. The normalized spacial score (nSPS) is 11.0. The van der Waals surface area contributed by atoms with E-state index >= 15 is 0 Å². The van der Waals surface area contributed by atoms with E-state index in [9.17, 15) is 0 Å². The second kappa shape index (κ2) is 6.51. The summed E-state index contributed by atoms with van der Waals surface area (Å²) in [5.74, 6) is 5.82. The number of fused-ring (bicyclic) bond motifs is 1. The minimum Gasteiger partial charge on any atom is -0.321 e. The summed E-state index contributed by atoms with van der Waals surface area (Å²) in [4.78, 5) is 2.90. The van der Waals surface area contributed by atoms with E-state index in [-0.39, 0.29) is 0 Å². The van der Waals surface area contributed by atoms with Crippen LogP contribution in [0.3, 0.4) is 0 Å². The van der Waals surface area contributed by atoms with Gasteiger partial charge >= 0.3 is 0 Å². The number of nitrogens with one attached hydrogen (secondary N) is 1. The third-order valence-corrected chi connectivity index (χ3v) is 4.49. The zero-order chi connectivity index (χ0) is 18.9. The molecule has 3 aromatic carbocycles. The Labute approximate surface area is 160 Å². The maximum Gasteiger partial charge on any atom is 0.140 e. The Balaban J connectivity index is 1.67. The zero-order valence-electron chi connectivity index (χ0n) is 14.8. The number of hydrogen-bond acceptors (Lipinski definition) is 6. The van der Waals surface area contributed by atoms with Crippen LogP contribution < -0.4 is 11.3 Å². The number of benzene rings is 3. The molecule has 0 amide bonds. The number of nitrogens with zero attached hydrogens (tertiary/aromatic N) is 6. The number of hydrogen-bond donors (Lipinski definition) is 2. The molecule has 0 saturated heterocycles. The van der Waals surface area contributed by atoms with Crippen molar-refractivity contribution in [3.63, 3.8) is 0 Å². The molecule has 0 aliphatic carbocycles. The van der Waals surface area contributed by atoms with E-state index in [2.05, 4.69) is 26.0 Å². The van der Waals surface area contributed by atoms with Crippen molar-refractivity contribution in [2.24, 2.45) is 0 Å². The maximum absolute atomic E-state index is 5.82. The monoisotopic (exact) mass is 368 g/mol. The van der Waals surface area contributed by atoms with Crippen molar-refractivity contribution in [2.45, 2.75) is 0 Å². The highest BCUT2D eigenvalue weighted by atomic mass is 15.6. The SMILES string of the molecule is Nn1nnc2c(Nn3nnc(-c4ccccc4)c3-c3ccccc3)cccc21. The van der Waals surface area contributed by atoms with E-state index in [0.717, 1.165) is 33.7 Å². The molecule has 5 aromatic rings. The van der Waals surface area contributed by atoms with Gasteiger partial charge in [-0.15, -0.1) is 10.2 Å². The van der Waals surface area contributed by atoms with Crippen LogP contribution in [0.25, 0.3) is 33.5 Å². The summed E-state index contributed by atoms with van der Waals surface area (Å²) in [6.45, 7) is 0. The number of nitrogens with two attached hydrogens (primary N) is 1. The fourth-order valence-corrected chi connectivity index (χ4v) is 3.17. The minimum atomic E-state index is 0.653. The van der Waals surface area contributed by atoms with Crippen molar-refractivity contribution in [3.8, 4) is 22.5 Å². The van der Waals surface area contributed by atoms with Crippen LogP contribution in [-0.4, -0.2) is 30.2 Å². The van der Waals surface area contributed by atoms with Gasteiger partial charge in [0.1, 0.15) is 22.4 Å². The largest absolute Gasteiger partial charge is 0.321 e. The van der Waals surface area contributed by atoms with Crippen LogP contribution in [0.5, 0.6) is 0 Å². The first-order chi connectivity index (χ1) is 13.8. The summed E-state index contributed by atoms with van der Waals surface area (Å²) in [6.07, 6.45) is 0. The minimum absolute atomic E-state index is 0.653. The van der Waals surface area contributed by atoms with E-state index < -0.39 is 0 Å². The van der Waals surface area contributed by atoms with Gasteiger partial charge in [0.15, 0.2) is 0 Å². The highest BCUT2D eigenvalue weighted by Crippen LogP contribution is 2.30. The Kier molecular flexibility index (Phi) is 3.72. The molecule has 0 aliphatic heterocycles. The average molecular weight is 368 g/mol. The van der Waals surface area contributed by atoms with Crippen molar-refractivity contribution < 1.29 is 0 Å².